The Bertz CT molecular complexity index is 1260. The van der Waals surface area contributed by atoms with Crippen LogP contribution >= 0.6 is 0 Å². The number of ether oxygens (including phenoxy) is 5. The molecule has 3 aliphatic rings. The van der Waals surface area contributed by atoms with Gasteiger partial charge in [0.1, 0.15) is 17.8 Å². The molecule has 13 heteroatoms. The molecule has 2 saturated carbocycles. The average Bonchev–Trinajstić information content (AvgIpc) is 3.63. The van der Waals surface area contributed by atoms with Gasteiger partial charge in [-0.15, -0.1) is 0 Å². The highest BCUT2D eigenvalue weighted by molar-refractivity contribution is 5.89. The third-order valence-electron chi connectivity index (χ3n) is 10.5. The molecule has 0 aromatic rings. The first-order chi connectivity index (χ1) is 26.9. The molecule has 2 aliphatic carbocycles. The second kappa shape index (κ2) is 26.0. The molecule has 4 atom stereocenters. The van der Waals surface area contributed by atoms with Gasteiger partial charge < -0.3 is 34.1 Å². The first-order valence-corrected chi connectivity index (χ1v) is 21.8. The van der Waals surface area contributed by atoms with Crippen LogP contribution < -0.4 is 5.32 Å². The molecule has 1 heterocycles. The minimum absolute atomic E-state index is 0.0469. The summed E-state index contributed by atoms with van der Waals surface area (Å²) >= 11 is 0. The van der Waals surface area contributed by atoms with Gasteiger partial charge in [-0.05, 0) is 80.1 Å². The Balaban J connectivity index is 0.000000394. The summed E-state index contributed by atoms with van der Waals surface area (Å²) in [5.74, 6) is -0.896. The van der Waals surface area contributed by atoms with E-state index in [9.17, 15) is 29.1 Å². The van der Waals surface area contributed by atoms with E-state index in [1.165, 1.54) is 70.6 Å². The maximum absolute atomic E-state index is 12.8. The lowest BCUT2D eigenvalue weighted by atomic mass is 9.84. The summed E-state index contributed by atoms with van der Waals surface area (Å²) in [4.78, 5) is 65.7. The molecule has 0 spiro atoms. The number of nitrogens with zero attached hydrogens (tertiary/aromatic N) is 1. The van der Waals surface area contributed by atoms with Crippen molar-refractivity contribution in [3.8, 4) is 0 Å². The number of aliphatic hydroxyl groups is 1. The third-order valence-corrected chi connectivity index (χ3v) is 10.5. The number of aliphatic hydroxyl groups excluding tert-OH is 1. The Morgan fingerprint density at radius 3 is 1.75 bits per heavy atom. The fourth-order valence-corrected chi connectivity index (χ4v) is 7.75. The molecule has 0 aromatic carbocycles. The van der Waals surface area contributed by atoms with Gasteiger partial charge in [-0.2, -0.15) is 0 Å². The van der Waals surface area contributed by atoms with Crippen LogP contribution in [0.4, 0.5) is 0 Å². The van der Waals surface area contributed by atoms with E-state index < -0.39 is 53.7 Å². The maximum Gasteiger partial charge on any atom is 0.334 e. The molecule has 0 saturated heterocycles. The summed E-state index contributed by atoms with van der Waals surface area (Å²) in [6, 6.07) is -1.74. The van der Waals surface area contributed by atoms with Gasteiger partial charge in [0.25, 0.3) is 0 Å². The molecule has 13 nitrogen and oxygen atoms in total. The number of carbonyl (C=O) groups is 5. The molecule has 0 radical (unpaired) electrons. The van der Waals surface area contributed by atoms with E-state index in [4.69, 9.17) is 23.7 Å². The van der Waals surface area contributed by atoms with Crippen molar-refractivity contribution in [2.24, 2.45) is 28.7 Å². The standard InChI is InChI=1S/C22H39NO6.C22H37NO5/c1-5-28-21(27)18(15-24)23-20(26)17(14-19(25)29-22(2,3)4)13-9-12-16-10-7-6-8-11-16;1-5-26-21(25)18-15-27-20(23-18)17(14-19(24)28-22(2,3)4)13-9-12-16-10-7-6-8-11-16/h16-18,24H,5-15H2,1-4H3,(H,23,26);16-18H,5-15H2,1-4H3/t2*17-,18+/m11/s1. The van der Waals surface area contributed by atoms with Crippen LogP contribution in [-0.4, -0.2) is 90.5 Å². The topological polar surface area (TPSA) is 176 Å². The number of hydrogen-bond acceptors (Lipinski definition) is 12. The molecular weight excluding hydrogens is 732 g/mol. The quantitative estimate of drug-likeness (QED) is 0.0917. The molecule has 3 rings (SSSR count). The van der Waals surface area contributed by atoms with Crippen molar-refractivity contribution < 1.29 is 52.8 Å². The van der Waals surface area contributed by atoms with Gasteiger partial charge in [-0.3, -0.25) is 14.4 Å². The van der Waals surface area contributed by atoms with Crippen molar-refractivity contribution >= 4 is 35.7 Å². The van der Waals surface area contributed by atoms with Crippen LogP contribution in [0, 0.1) is 23.7 Å². The van der Waals surface area contributed by atoms with Crippen molar-refractivity contribution in [2.45, 2.75) is 194 Å². The zero-order valence-electron chi connectivity index (χ0n) is 36.5. The second-order valence-electron chi connectivity index (χ2n) is 17.9. The van der Waals surface area contributed by atoms with Gasteiger partial charge >= 0.3 is 23.9 Å². The van der Waals surface area contributed by atoms with Crippen molar-refractivity contribution in [2.75, 3.05) is 26.4 Å². The zero-order valence-corrected chi connectivity index (χ0v) is 36.5. The number of aliphatic imine (C=N–C) groups is 1. The van der Waals surface area contributed by atoms with E-state index in [1.807, 2.05) is 20.8 Å². The van der Waals surface area contributed by atoms with Crippen LogP contribution in [0.25, 0.3) is 0 Å². The summed E-state index contributed by atoms with van der Waals surface area (Å²) in [5.41, 5.74) is -1.14. The first kappa shape index (κ1) is 49.9. The summed E-state index contributed by atoms with van der Waals surface area (Å²) in [6.07, 6.45) is 18.6. The molecule has 328 valence electrons. The van der Waals surface area contributed by atoms with Gasteiger partial charge in [0.05, 0.1) is 32.7 Å². The van der Waals surface area contributed by atoms with Gasteiger partial charge in [-0.25, -0.2) is 14.6 Å². The highest BCUT2D eigenvalue weighted by Crippen LogP contribution is 2.31. The number of esters is 4. The van der Waals surface area contributed by atoms with E-state index in [0.29, 0.717) is 24.8 Å². The van der Waals surface area contributed by atoms with Crippen LogP contribution in [0.5, 0.6) is 0 Å². The lowest BCUT2D eigenvalue weighted by molar-refractivity contribution is -0.158. The van der Waals surface area contributed by atoms with Crippen molar-refractivity contribution in [3.05, 3.63) is 0 Å². The van der Waals surface area contributed by atoms with Crippen LogP contribution in [-0.2, 0) is 47.7 Å². The Morgan fingerprint density at radius 2 is 1.26 bits per heavy atom. The number of amides is 1. The minimum Gasteiger partial charge on any atom is -0.478 e. The Hall–Kier alpha value is -3.22. The summed E-state index contributed by atoms with van der Waals surface area (Å²) < 4.78 is 26.5. The highest BCUT2D eigenvalue weighted by atomic mass is 16.6. The van der Waals surface area contributed by atoms with Crippen LogP contribution in [0.15, 0.2) is 4.99 Å². The molecule has 0 bridgehead atoms. The largest absolute Gasteiger partial charge is 0.478 e. The summed E-state index contributed by atoms with van der Waals surface area (Å²) in [7, 11) is 0. The number of nitrogens with one attached hydrogen (secondary N) is 1. The first-order valence-electron chi connectivity index (χ1n) is 21.8. The Kier molecular flexibility index (Phi) is 22.8. The van der Waals surface area contributed by atoms with Gasteiger partial charge in [0, 0.05) is 11.8 Å². The smallest absolute Gasteiger partial charge is 0.334 e. The number of rotatable bonds is 20. The van der Waals surface area contributed by atoms with Crippen LogP contribution in [0.1, 0.15) is 171 Å². The lowest BCUT2D eigenvalue weighted by Gasteiger charge is -2.25. The molecule has 1 amide bonds. The number of carbonyl (C=O) groups excluding carboxylic acids is 5. The Labute approximate surface area is 342 Å². The molecule has 0 aromatic heterocycles. The van der Waals surface area contributed by atoms with Crippen LogP contribution in [0.3, 0.4) is 0 Å². The zero-order chi connectivity index (χ0) is 42.4. The maximum atomic E-state index is 12.8. The molecule has 0 unspecified atom stereocenters. The van der Waals surface area contributed by atoms with Crippen LogP contribution in [0.2, 0.25) is 0 Å². The molecule has 1 aliphatic heterocycles. The molecule has 57 heavy (non-hydrogen) atoms. The van der Waals surface area contributed by atoms with Gasteiger partial charge in [0.2, 0.25) is 5.91 Å². The van der Waals surface area contributed by atoms with Gasteiger partial charge in [0.15, 0.2) is 18.0 Å². The van der Waals surface area contributed by atoms with Crippen molar-refractivity contribution in [1.82, 2.24) is 5.32 Å². The normalized spacial score (nSPS) is 19.4. The summed E-state index contributed by atoms with van der Waals surface area (Å²) in [5, 5.41) is 12.0. The van der Waals surface area contributed by atoms with Crippen molar-refractivity contribution in [1.29, 1.82) is 0 Å². The number of hydrogen-bond donors (Lipinski definition) is 2. The van der Waals surface area contributed by atoms with E-state index >= 15 is 0 Å². The summed E-state index contributed by atoms with van der Waals surface area (Å²) in [6.45, 7) is 14.5. The predicted octanol–water partition coefficient (Wildman–Crippen LogP) is 7.57. The average molecular weight is 809 g/mol. The minimum atomic E-state index is -1.12. The van der Waals surface area contributed by atoms with E-state index in [0.717, 1.165) is 31.6 Å². The Morgan fingerprint density at radius 1 is 0.754 bits per heavy atom. The fraction of sp³-hybridized carbons (Fsp3) is 0.864. The monoisotopic (exact) mass is 809 g/mol. The van der Waals surface area contributed by atoms with Crippen molar-refractivity contribution in [3.63, 3.8) is 0 Å². The van der Waals surface area contributed by atoms with E-state index in [-0.39, 0.29) is 43.9 Å². The fourth-order valence-electron chi connectivity index (χ4n) is 7.75. The third kappa shape index (κ3) is 21.4. The molecule has 2 fully saturated rings. The SMILES string of the molecule is CCOC(=O)[C@@H]1COC([C@H](CCCC2CCCCC2)CC(=O)OC(C)(C)C)=N1.CCOC(=O)[C@H](CO)NC(=O)[C@H](CCCC1CCCCC1)CC(=O)OC(C)(C)C. The van der Waals surface area contributed by atoms with E-state index in [1.54, 1.807) is 34.6 Å². The van der Waals surface area contributed by atoms with Gasteiger partial charge in [-0.1, -0.05) is 89.9 Å². The molecular formula is C44H76N2O11. The predicted molar refractivity (Wildman–Crippen MR) is 218 cm³/mol. The molecule has 2 N–H and O–H groups in total. The second-order valence-corrected chi connectivity index (χ2v) is 17.9. The highest BCUT2D eigenvalue weighted by Gasteiger charge is 2.34. The lowest BCUT2D eigenvalue weighted by Crippen LogP contribution is -2.47. The van der Waals surface area contributed by atoms with E-state index in [2.05, 4.69) is 10.3 Å².